The lowest BCUT2D eigenvalue weighted by atomic mass is 9.81. The highest BCUT2D eigenvalue weighted by Crippen LogP contribution is 2.45. The number of aromatic nitrogens is 1. The normalized spacial score (nSPS) is 23.0. The number of carbonyl (C=O) groups is 2. The van der Waals surface area contributed by atoms with E-state index in [0.29, 0.717) is 12.3 Å². The van der Waals surface area contributed by atoms with Crippen molar-refractivity contribution >= 4 is 22.8 Å². The summed E-state index contributed by atoms with van der Waals surface area (Å²) >= 11 is 0. The summed E-state index contributed by atoms with van der Waals surface area (Å²) in [5.74, 6) is -3.34. The second kappa shape index (κ2) is 11.3. The third-order valence-corrected chi connectivity index (χ3v) is 7.41. The van der Waals surface area contributed by atoms with Crippen molar-refractivity contribution in [3.05, 3.63) is 64.8 Å². The van der Waals surface area contributed by atoms with Crippen LogP contribution in [0.5, 0.6) is 5.75 Å². The highest BCUT2D eigenvalue weighted by Gasteiger charge is 2.43. The van der Waals surface area contributed by atoms with Crippen LogP contribution in [0.2, 0.25) is 0 Å². The number of benzene rings is 2. The van der Waals surface area contributed by atoms with Gasteiger partial charge in [-0.2, -0.15) is 13.2 Å². The second-order valence-electron chi connectivity index (χ2n) is 9.84. The van der Waals surface area contributed by atoms with Crippen LogP contribution in [0.4, 0.5) is 13.2 Å². The van der Waals surface area contributed by atoms with Gasteiger partial charge in [0.2, 0.25) is 0 Å². The van der Waals surface area contributed by atoms with Gasteiger partial charge in [-0.1, -0.05) is 12.1 Å². The van der Waals surface area contributed by atoms with E-state index in [2.05, 4.69) is 9.88 Å². The van der Waals surface area contributed by atoms with Gasteiger partial charge in [-0.25, -0.2) is 9.59 Å². The Balaban J connectivity index is 0.000000517. The maximum atomic E-state index is 11.4. The Kier molecular flexibility index (Phi) is 7.07. The molecule has 2 atom stereocenters. The number of nitrogens with zero attached hydrogens (tertiary/aromatic N) is 1. The minimum Gasteiger partial charge on any atom is -0.496 e. The van der Waals surface area contributed by atoms with Crippen molar-refractivity contribution in [3.63, 3.8) is 0 Å². The summed E-state index contributed by atoms with van der Waals surface area (Å²) in [5.41, 5.74) is 3.84. The van der Waals surface area contributed by atoms with Crippen LogP contribution in [0.3, 0.4) is 0 Å². The Labute approximate surface area is 227 Å². The fourth-order valence-corrected chi connectivity index (χ4v) is 5.46. The number of fused-ring (bicyclic) bond motifs is 1. The molecule has 2 aromatic carbocycles. The summed E-state index contributed by atoms with van der Waals surface area (Å²) < 4.78 is 66.5. The molecule has 0 bridgehead atoms. The Hall–Kier alpha value is -3.57. The van der Waals surface area contributed by atoms with Crippen molar-refractivity contribution < 1.29 is 46.6 Å². The average molecular weight is 552 g/mol. The quantitative estimate of drug-likeness (QED) is 0.373. The van der Waals surface area contributed by atoms with E-state index in [4.69, 9.17) is 23.5 Å². The number of alkyl halides is 3. The molecule has 2 aliphatic rings. The zero-order valence-corrected chi connectivity index (χ0v) is 21.2. The fraction of sp³-hybridized carbons (Fsp3) is 0.429. The molecule has 1 unspecified atom stereocenters. The molecule has 3 N–H and O–H groups in total. The number of rotatable bonds is 5. The lowest BCUT2D eigenvalue weighted by Gasteiger charge is -2.45. The minimum absolute atomic E-state index is 0.000557. The number of piperidine rings is 1. The summed E-state index contributed by atoms with van der Waals surface area (Å²) in [7, 11) is -2.55. The van der Waals surface area contributed by atoms with E-state index in [-0.39, 0.29) is 17.2 Å². The Bertz CT molecular complexity index is 1430. The van der Waals surface area contributed by atoms with Crippen LogP contribution in [0.25, 0.3) is 10.9 Å². The molecule has 3 aromatic rings. The average Bonchev–Trinajstić information content (AvgIpc) is 3.57. The lowest BCUT2D eigenvalue weighted by Crippen LogP contribution is -2.45. The number of aromatic amines is 1. The topological polar surface area (TPSA) is 112 Å². The predicted molar refractivity (Wildman–Crippen MR) is 137 cm³/mol. The van der Waals surface area contributed by atoms with Gasteiger partial charge < -0.3 is 24.7 Å². The molecule has 1 aromatic heterocycles. The van der Waals surface area contributed by atoms with E-state index >= 15 is 0 Å². The summed E-state index contributed by atoms with van der Waals surface area (Å²) in [6.07, 6.45) is 0.541. The maximum Gasteiger partial charge on any atom is 0.490 e. The standard InChI is InChI=1S/C26H30N2O4.C2HF3O2/c1-17-14-23(31-2)21(20-8-11-27-24(17)20)16-28-12-10-26(9-3-13-32-26)15-22(28)18-4-6-19(7-5-18)25(29)30;3-2(4,5)1(6)7/h4-8,11,14,22,27H,3,9-10,12-13,15-16H2,1-2H3,(H,29,30);(H,6,7)/t22-,26?;/m0./s1/i2D3;. The molecule has 0 aliphatic carbocycles. The van der Waals surface area contributed by atoms with Crippen LogP contribution in [0, 0.1) is 6.92 Å². The monoisotopic (exact) mass is 551 g/mol. The molecule has 0 saturated carbocycles. The van der Waals surface area contributed by atoms with Gasteiger partial charge >= 0.3 is 18.1 Å². The molecular formula is C28H31F3N2O6. The van der Waals surface area contributed by atoms with Crippen LogP contribution >= 0.6 is 0 Å². The van der Waals surface area contributed by atoms with Crippen molar-refractivity contribution in [1.82, 2.24) is 9.88 Å². The molecule has 0 amide bonds. The predicted octanol–water partition coefficient (Wildman–Crippen LogP) is 5.70. The number of likely N-dealkylation sites (tertiary alicyclic amines) is 1. The Morgan fingerprint density at radius 3 is 2.54 bits per heavy atom. The largest absolute Gasteiger partial charge is 0.496 e. The number of ether oxygens (including phenoxy) is 2. The number of aromatic carboxylic acids is 1. The molecule has 2 saturated heterocycles. The molecule has 8 nitrogen and oxygen atoms in total. The van der Waals surface area contributed by atoms with Gasteiger partial charge in [-0.3, -0.25) is 4.90 Å². The second-order valence-corrected chi connectivity index (χ2v) is 9.84. The first kappa shape index (κ1) is 24.5. The smallest absolute Gasteiger partial charge is 0.490 e. The third-order valence-electron chi connectivity index (χ3n) is 7.41. The zero-order valence-electron chi connectivity index (χ0n) is 24.2. The number of H-pyrrole nitrogens is 1. The molecule has 39 heavy (non-hydrogen) atoms. The van der Waals surface area contributed by atoms with E-state index in [1.807, 2.05) is 31.3 Å². The molecular weight excluding hydrogens is 517 g/mol. The highest BCUT2D eigenvalue weighted by molar-refractivity contribution is 5.88. The van der Waals surface area contributed by atoms with Crippen molar-refractivity contribution in [2.45, 2.75) is 57.0 Å². The van der Waals surface area contributed by atoms with Crippen molar-refractivity contribution in [2.24, 2.45) is 0 Å². The van der Waals surface area contributed by atoms with Crippen LogP contribution in [-0.2, 0) is 16.1 Å². The van der Waals surface area contributed by atoms with E-state index in [0.717, 1.165) is 66.4 Å². The molecule has 2 aliphatic heterocycles. The van der Waals surface area contributed by atoms with Gasteiger partial charge in [0, 0.05) is 48.4 Å². The van der Waals surface area contributed by atoms with Gasteiger partial charge in [0.1, 0.15) is 5.75 Å². The molecule has 5 rings (SSSR count). The van der Waals surface area contributed by atoms with Crippen LogP contribution in [0.15, 0.2) is 42.6 Å². The molecule has 0 radical (unpaired) electrons. The fourth-order valence-electron chi connectivity index (χ4n) is 5.46. The highest BCUT2D eigenvalue weighted by atomic mass is 19.4. The van der Waals surface area contributed by atoms with Crippen molar-refractivity contribution in [1.29, 1.82) is 0 Å². The first-order chi connectivity index (χ1) is 19.6. The van der Waals surface area contributed by atoms with Crippen molar-refractivity contribution in [2.75, 3.05) is 20.2 Å². The first-order valence-electron chi connectivity index (χ1n) is 13.9. The summed E-state index contributed by atoms with van der Waals surface area (Å²) in [5, 5.41) is 17.4. The molecule has 2 fully saturated rings. The number of carboxylic acids is 2. The number of hydrogen-bond donors (Lipinski definition) is 3. The van der Waals surface area contributed by atoms with E-state index in [9.17, 15) is 23.1 Å². The number of halogens is 3. The lowest BCUT2D eigenvalue weighted by molar-refractivity contribution is -0.192. The Morgan fingerprint density at radius 1 is 1.23 bits per heavy atom. The number of hydrogen-bond acceptors (Lipinski definition) is 5. The summed E-state index contributed by atoms with van der Waals surface area (Å²) in [6.45, 7) is 3.98. The van der Waals surface area contributed by atoms with Crippen LogP contribution in [0.1, 0.15) is 62.9 Å². The number of carboxylic acid groups (broad SMARTS) is 2. The van der Waals surface area contributed by atoms with Gasteiger partial charge in [-0.05, 0) is 68.0 Å². The third kappa shape index (κ3) is 6.20. The first-order valence-corrected chi connectivity index (χ1v) is 12.4. The molecule has 3 heterocycles. The SMILES string of the molecule is O=C(O)C(F)(F)F.[2H]C([2H])([2H])Oc1cc(C)c2[nH]ccc2c1CN1CCC2(CCCO2)C[C@H]1c1ccc(C(=O)O)cc1. The molecule has 11 heteroatoms. The van der Waals surface area contributed by atoms with E-state index < -0.39 is 25.2 Å². The van der Waals surface area contributed by atoms with Crippen molar-refractivity contribution in [3.8, 4) is 5.75 Å². The van der Waals surface area contributed by atoms with Gasteiger partial charge in [0.05, 0.1) is 22.3 Å². The summed E-state index contributed by atoms with van der Waals surface area (Å²) in [6, 6.07) is 10.8. The number of aliphatic carboxylic acids is 1. The van der Waals surface area contributed by atoms with Gasteiger partial charge in [-0.15, -0.1) is 0 Å². The molecule has 1 spiro atoms. The van der Waals surface area contributed by atoms with E-state index in [1.54, 1.807) is 18.2 Å². The van der Waals surface area contributed by atoms with Gasteiger partial charge in [0.15, 0.2) is 0 Å². The van der Waals surface area contributed by atoms with E-state index in [1.165, 1.54) is 0 Å². The number of nitrogens with one attached hydrogen (secondary N) is 1. The van der Waals surface area contributed by atoms with Crippen LogP contribution < -0.4 is 4.74 Å². The Morgan fingerprint density at radius 2 is 1.95 bits per heavy atom. The van der Waals surface area contributed by atoms with Crippen LogP contribution in [-0.4, -0.2) is 64.0 Å². The number of aryl methyl sites for hydroxylation is 1. The zero-order chi connectivity index (χ0) is 30.9. The van der Waals surface area contributed by atoms with Gasteiger partial charge in [0.25, 0.3) is 0 Å². The molecule has 210 valence electrons. The number of methoxy groups -OCH3 is 1. The maximum absolute atomic E-state index is 11.4. The minimum atomic E-state index is -5.08. The summed E-state index contributed by atoms with van der Waals surface area (Å²) in [4.78, 5) is 25.9.